The third-order valence-corrected chi connectivity index (χ3v) is 6.08. The molecule has 4 aromatic rings. The molecule has 31 heavy (non-hydrogen) atoms. The molecular formula is C25H25N5O. The molecule has 0 fully saturated rings. The number of carbonyl (C=O) groups is 1. The van der Waals surface area contributed by atoms with E-state index in [-0.39, 0.29) is 5.91 Å². The number of anilines is 1. The third kappa shape index (κ3) is 3.28. The van der Waals surface area contributed by atoms with Crippen LogP contribution in [0, 0.1) is 6.92 Å². The Morgan fingerprint density at radius 3 is 2.77 bits per heavy atom. The fourth-order valence-electron chi connectivity index (χ4n) is 4.34. The maximum atomic E-state index is 13.5. The van der Waals surface area contributed by atoms with E-state index in [4.69, 9.17) is 0 Å². The molecule has 1 amide bonds. The molecule has 0 N–H and O–H groups in total. The lowest BCUT2D eigenvalue weighted by Gasteiger charge is -2.29. The first-order valence-electron chi connectivity index (χ1n) is 10.8. The molecule has 1 aliphatic heterocycles. The summed E-state index contributed by atoms with van der Waals surface area (Å²) in [6, 6.07) is 16.2. The summed E-state index contributed by atoms with van der Waals surface area (Å²) in [5.74, 6) is 0.370. The molecule has 3 heterocycles. The van der Waals surface area contributed by atoms with Gasteiger partial charge in [0, 0.05) is 23.8 Å². The number of benzene rings is 2. The van der Waals surface area contributed by atoms with E-state index in [1.54, 1.807) is 10.9 Å². The molecule has 2 aromatic carbocycles. The van der Waals surface area contributed by atoms with Crippen molar-refractivity contribution < 1.29 is 4.79 Å². The van der Waals surface area contributed by atoms with Gasteiger partial charge in [0.15, 0.2) is 5.69 Å². The third-order valence-electron chi connectivity index (χ3n) is 6.08. The Labute approximate surface area is 181 Å². The Bertz CT molecular complexity index is 1290. The quantitative estimate of drug-likeness (QED) is 0.484. The molecule has 1 aliphatic rings. The highest BCUT2D eigenvalue weighted by Crippen LogP contribution is 2.32. The number of nitrogens with zero attached hydrogens (tertiary/aromatic N) is 5. The SMILES string of the molecule is Cc1c(C(=O)N2CCCc3cc(C(C)C)ccc32)nnn1-c1cccc2ncccc12. The second kappa shape index (κ2) is 7.61. The van der Waals surface area contributed by atoms with Crippen LogP contribution >= 0.6 is 0 Å². The Morgan fingerprint density at radius 2 is 1.94 bits per heavy atom. The van der Waals surface area contributed by atoms with E-state index in [0.717, 1.165) is 40.8 Å². The van der Waals surface area contributed by atoms with Crippen molar-refractivity contribution in [2.45, 2.75) is 39.5 Å². The van der Waals surface area contributed by atoms with E-state index in [1.807, 2.05) is 42.2 Å². The van der Waals surface area contributed by atoms with Crippen molar-refractivity contribution in [3.05, 3.63) is 77.2 Å². The second-order valence-corrected chi connectivity index (χ2v) is 8.39. The number of fused-ring (bicyclic) bond motifs is 2. The summed E-state index contributed by atoms with van der Waals surface area (Å²) < 4.78 is 1.74. The summed E-state index contributed by atoms with van der Waals surface area (Å²) in [6.07, 6.45) is 3.71. The number of aromatic nitrogens is 4. The molecule has 5 rings (SSSR count). The topological polar surface area (TPSA) is 63.9 Å². The number of hydrogen-bond donors (Lipinski definition) is 0. The van der Waals surface area contributed by atoms with Crippen LogP contribution < -0.4 is 4.90 Å². The van der Waals surface area contributed by atoms with Gasteiger partial charge in [-0.1, -0.05) is 37.3 Å². The average molecular weight is 412 g/mol. The van der Waals surface area contributed by atoms with Crippen LogP contribution in [0.3, 0.4) is 0 Å². The molecule has 0 bridgehead atoms. The summed E-state index contributed by atoms with van der Waals surface area (Å²) in [5.41, 5.74) is 6.40. The molecule has 6 nitrogen and oxygen atoms in total. The predicted octanol–water partition coefficient (Wildman–Crippen LogP) is 4.84. The van der Waals surface area contributed by atoms with Crippen molar-refractivity contribution >= 4 is 22.5 Å². The summed E-state index contributed by atoms with van der Waals surface area (Å²) >= 11 is 0. The van der Waals surface area contributed by atoms with Crippen LogP contribution in [0.25, 0.3) is 16.6 Å². The zero-order valence-corrected chi connectivity index (χ0v) is 18.0. The lowest BCUT2D eigenvalue weighted by molar-refractivity contribution is 0.0979. The molecule has 0 spiro atoms. The van der Waals surface area contributed by atoms with Crippen LogP contribution in [0.5, 0.6) is 0 Å². The number of carbonyl (C=O) groups excluding carboxylic acids is 1. The van der Waals surface area contributed by atoms with Crippen LogP contribution in [0.2, 0.25) is 0 Å². The lowest BCUT2D eigenvalue weighted by Crippen LogP contribution is -2.36. The van der Waals surface area contributed by atoms with Gasteiger partial charge in [-0.25, -0.2) is 4.68 Å². The van der Waals surface area contributed by atoms with Gasteiger partial charge in [0.1, 0.15) is 0 Å². The Morgan fingerprint density at radius 1 is 1.06 bits per heavy atom. The number of rotatable bonds is 3. The fraction of sp³-hybridized carbons (Fsp3) is 0.280. The average Bonchev–Trinajstić information content (AvgIpc) is 3.18. The van der Waals surface area contributed by atoms with Crippen LogP contribution in [-0.2, 0) is 6.42 Å². The normalized spacial score (nSPS) is 13.6. The van der Waals surface area contributed by atoms with Gasteiger partial charge in [0.05, 0.1) is 16.9 Å². The van der Waals surface area contributed by atoms with E-state index in [2.05, 4.69) is 47.3 Å². The Hall–Kier alpha value is -3.54. The highest BCUT2D eigenvalue weighted by Gasteiger charge is 2.28. The molecule has 0 saturated heterocycles. The molecule has 2 aromatic heterocycles. The van der Waals surface area contributed by atoms with Gasteiger partial charge in [-0.05, 0) is 67.1 Å². The first-order chi connectivity index (χ1) is 15.0. The minimum atomic E-state index is -0.0969. The Kier molecular flexibility index (Phi) is 4.77. The maximum Gasteiger partial charge on any atom is 0.280 e. The highest BCUT2D eigenvalue weighted by molar-refractivity contribution is 6.06. The first-order valence-corrected chi connectivity index (χ1v) is 10.8. The van der Waals surface area contributed by atoms with Gasteiger partial charge >= 0.3 is 0 Å². The summed E-state index contributed by atoms with van der Waals surface area (Å²) in [6.45, 7) is 6.97. The van der Waals surface area contributed by atoms with Gasteiger partial charge in [0.2, 0.25) is 0 Å². The summed E-state index contributed by atoms with van der Waals surface area (Å²) in [4.78, 5) is 19.8. The number of aryl methyl sites for hydroxylation is 1. The first kappa shape index (κ1) is 19.4. The number of pyridine rings is 1. The standard InChI is InChI=1S/C25H25N5O/c1-16(2)18-11-12-22-19(15-18)7-6-14-29(22)25(31)24-17(3)30(28-27-24)23-10-4-9-21-20(23)8-5-13-26-21/h4-5,8-13,15-16H,6-7,14H2,1-3H3. The molecule has 6 heteroatoms. The van der Waals surface area contributed by atoms with Crippen molar-refractivity contribution in [3.8, 4) is 5.69 Å². The highest BCUT2D eigenvalue weighted by atomic mass is 16.2. The van der Waals surface area contributed by atoms with E-state index in [0.29, 0.717) is 18.2 Å². The van der Waals surface area contributed by atoms with Crippen molar-refractivity contribution in [3.63, 3.8) is 0 Å². The molecule has 156 valence electrons. The van der Waals surface area contributed by atoms with Crippen LogP contribution in [0.1, 0.15) is 53.5 Å². The minimum absolute atomic E-state index is 0.0969. The van der Waals surface area contributed by atoms with Crippen molar-refractivity contribution in [2.75, 3.05) is 11.4 Å². The molecular weight excluding hydrogens is 386 g/mol. The molecule has 0 aliphatic carbocycles. The minimum Gasteiger partial charge on any atom is -0.307 e. The van der Waals surface area contributed by atoms with Crippen LogP contribution in [0.15, 0.2) is 54.7 Å². The van der Waals surface area contributed by atoms with Crippen molar-refractivity contribution in [2.24, 2.45) is 0 Å². The van der Waals surface area contributed by atoms with E-state index >= 15 is 0 Å². The number of amides is 1. The van der Waals surface area contributed by atoms with Crippen molar-refractivity contribution in [1.82, 2.24) is 20.0 Å². The Balaban J connectivity index is 1.53. The van der Waals surface area contributed by atoms with Gasteiger partial charge in [-0.15, -0.1) is 5.10 Å². The summed E-state index contributed by atoms with van der Waals surface area (Å²) in [7, 11) is 0. The fourth-order valence-corrected chi connectivity index (χ4v) is 4.34. The van der Waals surface area contributed by atoms with E-state index in [1.165, 1.54) is 11.1 Å². The lowest BCUT2D eigenvalue weighted by atomic mass is 9.94. The summed E-state index contributed by atoms with van der Waals surface area (Å²) in [5, 5.41) is 9.60. The van der Waals surface area contributed by atoms with E-state index < -0.39 is 0 Å². The largest absolute Gasteiger partial charge is 0.307 e. The monoisotopic (exact) mass is 411 g/mol. The molecule has 0 radical (unpaired) electrons. The smallest absolute Gasteiger partial charge is 0.280 e. The van der Waals surface area contributed by atoms with Gasteiger partial charge in [0.25, 0.3) is 5.91 Å². The molecule has 0 atom stereocenters. The molecule has 0 saturated carbocycles. The number of hydrogen-bond acceptors (Lipinski definition) is 4. The van der Waals surface area contributed by atoms with Gasteiger partial charge in [-0.2, -0.15) is 0 Å². The van der Waals surface area contributed by atoms with Gasteiger partial charge in [-0.3, -0.25) is 9.78 Å². The van der Waals surface area contributed by atoms with Gasteiger partial charge < -0.3 is 4.90 Å². The maximum absolute atomic E-state index is 13.5. The second-order valence-electron chi connectivity index (χ2n) is 8.39. The van der Waals surface area contributed by atoms with E-state index in [9.17, 15) is 4.79 Å². The van der Waals surface area contributed by atoms with Crippen LogP contribution in [-0.4, -0.2) is 32.4 Å². The zero-order chi connectivity index (χ0) is 21.5. The predicted molar refractivity (Wildman–Crippen MR) is 122 cm³/mol. The van der Waals surface area contributed by atoms with Crippen molar-refractivity contribution in [1.29, 1.82) is 0 Å². The van der Waals surface area contributed by atoms with Crippen LogP contribution in [0.4, 0.5) is 5.69 Å². The molecule has 0 unspecified atom stereocenters. The zero-order valence-electron chi connectivity index (χ0n) is 18.0.